The molecule has 0 aromatic rings. The Kier molecular flexibility index (Phi) is 1.71. The molecule has 0 aromatic heterocycles. The molecule has 2 N–H and O–H groups in total. The molecule has 2 saturated carbocycles. The Bertz CT molecular complexity index is 153. The standard InChI is InChI=1S/C10H19N/c1-10-7-3-2-4-8(10)5-6-9(10)11/h8-9H,2-7,11H2,1H3. The van der Waals surface area contributed by atoms with E-state index in [1.165, 1.54) is 38.5 Å². The van der Waals surface area contributed by atoms with Crippen LogP contribution in [0.15, 0.2) is 0 Å². The second-order valence-corrected chi connectivity index (χ2v) is 4.63. The third-order valence-electron chi connectivity index (χ3n) is 4.12. The molecule has 0 saturated heterocycles. The van der Waals surface area contributed by atoms with Crippen molar-refractivity contribution in [2.24, 2.45) is 17.1 Å². The highest BCUT2D eigenvalue weighted by atomic mass is 14.7. The van der Waals surface area contributed by atoms with Crippen molar-refractivity contribution in [2.75, 3.05) is 0 Å². The van der Waals surface area contributed by atoms with Gasteiger partial charge in [-0.25, -0.2) is 0 Å². The Balaban J connectivity index is 2.16. The monoisotopic (exact) mass is 153 g/mol. The van der Waals surface area contributed by atoms with Gasteiger partial charge in [0.05, 0.1) is 0 Å². The molecule has 3 atom stereocenters. The molecule has 0 radical (unpaired) electrons. The zero-order valence-electron chi connectivity index (χ0n) is 7.47. The molecule has 2 fully saturated rings. The summed E-state index contributed by atoms with van der Waals surface area (Å²) in [4.78, 5) is 0. The van der Waals surface area contributed by atoms with Crippen LogP contribution >= 0.6 is 0 Å². The normalized spacial score (nSPS) is 50.7. The molecule has 2 rings (SSSR count). The maximum absolute atomic E-state index is 6.12. The highest BCUT2D eigenvalue weighted by Crippen LogP contribution is 2.50. The molecule has 2 aliphatic carbocycles. The fourth-order valence-corrected chi connectivity index (χ4v) is 3.10. The molecule has 2 aliphatic rings. The lowest BCUT2D eigenvalue weighted by Crippen LogP contribution is -2.40. The summed E-state index contributed by atoms with van der Waals surface area (Å²) in [6.07, 6.45) is 8.38. The van der Waals surface area contributed by atoms with E-state index in [0.717, 1.165) is 5.92 Å². The molecular formula is C10H19N. The van der Waals surface area contributed by atoms with Gasteiger partial charge in [0.2, 0.25) is 0 Å². The molecule has 0 amide bonds. The second kappa shape index (κ2) is 2.48. The Hall–Kier alpha value is -0.0400. The topological polar surface area (TPSA) is 26.0 Å². The maximum Gasteiger partial charge on any atom is 0.00956 e. The molecule has 64 valence electrons. The lowest BCUT2D eigenvalue weighted by Gasteiger charge is -2.39. The molecule has 0 heterocycles. The van der Waals surface area contributed by atoms with Crippen LogP contribution in [-0.2, 0) is 0 Å². The van der Waals surface area contributed by atoms with E-state index in [-0.39, 0.29) is 0 Å². The number of fused-ring (bicyclic) bond motifs is 1. The maximum atomic E-state index is 6.12. The van der Waals surface area contributed by atoms with Crippen molar-refractivity contribution in [3.63, 3.8) is 0 Å². The Morgan fingerprint density at radius 1 is 1.18 bits per heavy atom. The summed E-state index contributed by atoms with van der Waals surface area (Å²) in [5.74, 6) is 0.964. The van der Waals surface area contributed by atoms with Crippen LogP contribution in [0.2, 0.25) is 0 Å². The smallest absolute Gasteiger partial charge is 0.00956 e. The molecule has 0 aliphatic heterocycles. The summed E-state index contributed by atoms with van der Waals surface area (Å²) in [6.45, 7) is 2.41. The average Bonchev–Trinajstić information content (AvgIpc) is 2.29. The zero-order chi connectivity index (χ0) is 7.90. The highest BCUT2D eigenvalue weighted by molar-refractivity contribution is 4.99. The van der Waals surface area contributed by atoms with Crippen molar-refractivity contribution >= 4 is 0 Å². The summed E-state index contributed by atoms with van der Waals surface area (Å²) in [5, 5.41) is 0. The highest BCUT2D eigenvalue weighted by Gasteiger charge is 2.45. The van der Waals surface area contributed by atoms with Gasteiger partial charge >= 0.3 is 0 Å². The van der Waals surface area contributed by atoms with Gasteiger partial charge in [-0.2, -0.15) is 0 Å². The van der Waals surface area contributed by atoms with Gasteiger partial charge in [-0.3, -0.25) is 0 Å². The van der Waals surface area contributed by atoms with E-state index in [1.54, 1.807) is 0 Å². The number of hydrogen-bond donors (Lipinski definition) is 1. The van der Waals surface area contributed by atoms with E-state index in [1.807, 2.05) is 0 Å². The van der Waals surface area contributed by atoms with Gasteiger partial charge in [0.15, 0.2) is 0 Å². The predicted molar refractivity (Wildman–Crippen MR) is 47.3 cm³/mol. The third-order valence-corrected chi connectivity index (χ3v) is 4.12. The van der Waals surface area contributed by atoms with E-state index in [0.29, 0.717) is 11.5 Å². The minimum Gasteiger partial charge on any atom is -0.327 e. The summed E-state index contributed by atoms with van der Waals surface area (Å²) in [6, 6.07) is 0.507. The molecule has 0 aromatic carbocycles. The first-order valence-corrected chi connectivity index (χ1v) is 4.99. The van der Waals surface area contributed by atoms with Crippen LogP contribution in [0, 0.1) is 11.3 Å². The Labute approximate surface area is 69.4 Å². The van der Waals surface area contributed by atoms with Crippen molar-refractivity contribution < 1.29 is 0 Å². The van der Waals surface area contributed by atoms with Crippen LogP contribution in [0.3, 0.4) is 0 Å². The van der Waals surface area contributed by atoms with Gasteiger partial charge in [0, 0.05) is 6.04 Å². The van der Waals surface area contributed by atoms with E-state index in [2.05, 4.69) is 6.92 Å². The van der Waals surface area contributed by atoms with E-state index in [4.69, 9.17) is 5.73 Å². The van der Waals surface area contributed by atoms with Crippen molar-refractivity contribution in [3.8, 4) is 0 Å². The van der Waals surface area contributed by atoms with E-state index < -0.39 is 0 Å². The molecule has 0 spiro atoms. The largest absolute Gasteiger partial charge is 0.327 e. The van der Waals surface area contributed by atoms with Crippen LogP contribution in [-0.4, -0.2) is 6.04 Å². The summed E-state index contributed by atoms with van der Waals surface area (Å²) in [5.41, 5.74) is 6.65. The summed E-state index contributed by atoms with van der Waals surface area (Å²) < 4.78 is 0. The van der Waals surface area contributed by atoms with Crippen LogP contribution in [0.5, 0.6) is 0 Å². The summed E-state index contributed by atoms with van der Waals surface area (Å²) in [7, 11) is 0. The first kappa shape index (κ1) is 7.60. The van der Waals surface area contributed by atoms with Crippen LogP contribution in [0.1, 0.15) is 45.4 Å². The molecule has 3 unspecified atom stereocenters. The number of nitrogens with two attached hydrogens (primary N) is 1. The molecule has 1 heteroatoms. The van der Waals surface area contributed by atoms with Crippen LogP contribution < -0.4 is 5.73 Å². The van der Waals surface area contributed by atoms with Crippen molar-refractivity contribution in [3.05, 3.63) is 0 Å². The lowest BCUT2D eigenvalue weighted by atomic mass is 9.68. The Morgan fingerprint density at radius 3 is 2.73 bits per heavy atom. The quantitative estimate of drug-likeness (QED) is 0.568. The molecular weight excluding hydrogens is 134 g/mol. The van der Waals surface area contributed by atoms with Gasteiger partial charge in [0.25, 0.3) is 0 Å². The minimum atomic E-state index is 0.507. The molecule has 11 heavy (non-hydrogen) atoms. The first-order chi connectivity index (χ1) is 5.23. The summed E-state index contributed by atoms with van der Waals surface area (Å²) >= 11 is 0. The average molecular weight is 153 g/mol. The fraction of sp³-hybridized carbons (Fsp3) is 1.00. The lowest BCUT2D eigenvalue weighted by molar-refractivity contribution is 0.134. The van der Waals surface area contributed by atoms with Gasteiger partial charge in [0.1, 0.15) is 0 Å². The van der Waals surface area contributed by atoms with E-state index >= 15 is 0 Å². The van der Waals surface area contributed by atoms with Crippen LogP contribution in [0.25, 0.3) is 0 Å². The minimum absolute atomic E-state index is 0.507. The SMILES string of the molecule is CC12CCCCC1CCC2N. The number of hydrogen-bond acceptors (Lipinski definition) is 1. The van der Waals surface area contributed by atoms with Gasteiger partial charge in [-0.15, -0.1) is 0 Å². The zero-order valence-corrected chi connectivity index (χ0v) is 7.47. The van der Waals surface area contributed by atoms with E-state index in [9.17, 15) is 0 Å². The predicted octanol–water partition coefficient (Wildman–Crippen LogP) is 2.30. The fourth-order valence-electron chi connectivity index (χ4n) is 3.10. The molecule has 0 bridgehead atoms. The van der Waals surface area contributed by atoms with Crippen LogP contribution in [0.4, 0.5) is 0 Å². The van der Waals surface area contributed by atoms with Gasteiger partial charge < -0.3 is 5.73 Å². The van der Waals surface area contributed by atoms with Crippen molar-refractivity contribution in [1.82, 2.24) is 0 Å². The first-order valence-electron chi connectivity index (χ1n) is 4.99. The van der Waals surface area contributed by atoms with Crippen molar-refractivity contribution in [2.45, 2.75) is 51.5 Å². The molecule has 1 nitrogen and oxygen atoms in total. The Morgan fingerprint density at radius 2 is 2.00 bits per heavy atom. The van der Waals surface area contributed by atoms with Gasteiger partial charge in [-0.05, 0) is 37.0 Å². The number of rotatable bonds is 0. The third kappa shape index (κ3) is 1.01. The second-order valence-electron chi connectivity index (χ2n) is 4.63. The van der Waals surface area contributed by atoms with Gasteiger partial charge in [-0.1, -0.05) is 19.8 Å². The van der Waals surface area contributed by atoms with Crippen molar-refractivity contribution in [1.29, 1.82) is 0 Å².